The van der Waals surface area contributed by atoms with Gasteiger partial charge in [-0.2, -0.15) is 5.10 Å². The molecule has 0 bridgehead atoms. The van der Waals surface area contributed by atoms with Gasteiger partial charge in [0, 0.05) is 37.2 Å². The molecule has 1 heterocycles. The largest absolute Gasteiger partial charge is 0.295 e. The molecule has 0 aliphatic carbocycles. The molecule has 0 amide bonds. The van der Waals surface area contributed by atoms with E-state index in [0.29, 0.717) is 0 Å². The zero-order valence-electron chi connectivity index (χ0n) is 13.7. The van der Waals surface area contributed by atoms with Gasteiger partial charge < -0.3 is 0 Å². The zero-order chi connectivity index (χ0) is 16.6. The van der Waals surface area contributed by atoms with Crippen LogP contribution in [0.1, 0.15) is 11.1 Å². The van der Waals surface area contributed by atoms with E-state index in [1.807, 2.05) is 24.4 Å². The Labute approximate surface area is 152 Å². The van der Waals surface area contributed by atoms with E-state index in [-0.39, 0.29) is 0 Å². The van der Waals surface area contributed by atoms with Crippen molar-refractivity contribution in [3.8, 4) is 0 Å². The molecule has 2 aromatic carbocycles. The lowest BCUT2D eigenvalue weighted by Gasteiger charge is -2.33. The summed E-state index contributed by atoms with van der Waals surface area (Å²) in [6.45, 7) is 5.05. The fourth-order valence-corrected chi connectivity index (χ4v) is 3.09. The van der Waals surface area contributed by atoms with Crippen molar-refractivity contribution in [1.29, 1.82) is 0 Å². The molecule has 24 heavy (non-hydrogen) atoms. The van der Waals surface area contributed by atoms with Gasteiger partial charge in [-0.1, -0.05) is 60.7 Å². The first-order valence-electron chi connectivity index (χ1n) is 8.27. The Kier molecular flexibility index (Phi) is 6.21. The summed E-state index contributed by atoms with van der Waals surface area (Å²) in [5, 5.41) is 6.73. The van der Waals surface area contributed by atoms with Gasteiger partial charge in [0.15, 0.2) is 0 Å². The summed E-state index contributed by atoms with van der Waals surface area (Å²) in [6.07, 6.45) is 3.97. The number of nitrogens with zero attached hydrogens (tertiary/aromatic N) is 3. The van der Waals surface area contributed by atoms with Gasteiger partial charge in [-0.3, -0.25) is 9.91 Å². The molecular weight excluding hydrogens is 362 g/mol. The molecule has 3 rings (SSSR count). The minimum absolute atomic E-state index is 0.967. The van der Waals surface area contributed by atoms with Gasteiger partial charge in [0.25, 0.3) is 0 Å². The van der Waals surface area contributed by atoms with E-state index in [2.05, 4.69) is 79.5 Å². The molecule has 0 N–H and O–H groups in total. The summed E-state index contributed by atoms with van der Waals surface area (Å²) >= 11 is 3.57. The number of allylic oxidation sites excluding steroid dienone is 1. The molecule has 3 nitrogen and oxygen atoms in total. The van der Waals surface area contributed by atoms with Crippen LogP contribution in [0.3, 0.4) is 0 Å². The van der Waals surface area contributed by atoms with E-state index in [1.54, 1.807) is 0 Å². The fraction of sp³-hybridized carbons (Fsp3) is 0.250. The zero-order valence-corrected chi connectivity index (χ0v) is 15.3. The molecule has 0 aromatic heterocycles. The normalized spacial score (nSPS) is 16.7. The van der Waals surface area contributed by atoms with E-state index in [4.69, 9.17) is 0 Å². The smallest absolute Gasteiger partial charge is 0.0612 e. The van der Waals surface area contributed by atoms with Gasteiger partial charge >= 0.3 is 0 Å². The van der Waals surface area contributed by atoms with Crippen molar-refractivity contribution >= 4 is 28.2 Å². The SMILES string of the molecule is BrC(/C=N/N1CCN(Cc2ccccc2)CC1)=C/c1ccccc1. The van der Waals surface area contributed by atoms with E-state index in [0.717, 1.165) is 37.2 Å². The highest BCUT2D eigenvalue weighted by atomic mass is 79.9. The number of hydrogen-bond donors (Lipinski definition) is 0. The predicted octanol–water partition coefficient (Wildman–Crippen LogP) is 4.23. The van der Waals surface area contributed by atoms with Crippen molar-refractivity contribution in [2.45, 2.75) is 6.54 Å². The van der Waals surface area contributed by atoms with Crippen LogP contribution in [0.5, 0.6) is 0 Å². The maximum Gasteiger partial charge on any atom is 0.0612 e. The number of piperazine rings is 1. The monoisotopic (exact) mass is 383 g/mol. The molecule has 124 valence electrons. The topological polar surface area (TPSA) is 18.8 Å². The first-order chi connectivity index (χ1) is 11.8. The van der Waals surface area contributed by atoms with Gasteiger partial charge in [0.1, 0.15) is 0 Å². The van der Waals surface area contributed by atoms with E-state index in [9.17, 15) is 0 Å². The maximum atomic E-state index is 4.59. The summed E-state index contributed by atoms with van der Waals surface area (Å²) in [4.78, 5) is 2.48. The quantitative estimate of drug-likeness (QED) is 0.719. The van der Waals surface area contributed by atoms with Crippen LogP contribution in [0.4, 0.5) is 0 Å². The number of rotatable bonds is 5. The van der Waals surface area contributed by atoms with Crippen molar-refractivity contribution in [2.24, 2.45) is 5.10 Å². The standard InChI is InChI=1S/C20H22BrN3/c21-20(15-18-7-3-1-4-8-18)16-22-24-13-11-23(12-14-24)17-19-9-5-2-6-10-19/h1-10,15-16H,11-14,17H2/b20-15+,22-16+. The predicted molar refractivity (Wildman–Crippen MR) is 105 cm³/mol. The second-order valence-corrected chi connectivity index (χ2v) is 6.82. The average Bonchev–Trinajstić information content (AvgIpc) is 2.63. The first-order valence-corrected chi connectivity index (χ1v) is 9.06. The number of benzene rings is 2. The lowest BCUT2D eigenvalue weighted by molar-refractivity contribution is 0.131. The van der Waals surface area contributed by atoms with Crippen LogP contribution in [-0.2, 0) is 6.54 Å². The van der Waals surface area contributed by atoms with Crippen LogP contribution >= 0.6 is 15.9 Å². The minimum Gasteiger partial charge on any atom is -0.295 e. The first kappa shape index (κ1) is 16.9. The highest BCUT2D eigenvalue weighted by molar-refractivity contribution is 9.12. The Balaban J connectivity index is 1.47. The lowest BCUT2D eigenvalue weighted by atomic mass is 10.2. The number of halogens is 1. The van der Waals surface area contributed by atoms with Crippen molar-refractivity contribution in [3.63, 3.8) is 0 Å². The van der Waals surface area contributed by atoms with Crippen molar-refractivity contribution < 1.29 is 0 Å². The van der Waals surface area contributed by atoms with Gasteiger partial charge in [-0.05, 0) is 33.1 Å². The molecule has 2 aromatic rings. The summed E-state index contributed by atoms with van der Waals surface area (Å²) in [5.74, 6) is 0. The highest BCUT2D eigenvalue weighted by Crippen LogP contribution is 2.12. The van der Waals surface area contributed by atoms with Crippen LogP contribution in [0.15, 0.2) is 70.2 Å². The molecule has 1 saturated heterocycles. The lowest BCUT2D eigenvalue weighted by Crippen LogP contribution is -2.43. The maximum absolute atomic E-state index is 4.59. The molecule has 0 saturated carbocycles. The molecule has 0 unspecified atom stereocenters. The molecule has 0 radical (unpaired) electrons. The van der Waals surface area contributed by atoms with Crippen molar-refractivity contribution in [2.75, 3.05) is 26.2 Å². The third-order valence-corrected chi connectivity index (χ3v) is 4.48. The average molecular weight is 384 g/mol. The van der Waals surface area contributed by atoms with Gasteiger partial charge in [-0.25, -0.2) is 0 Å². The number of hydrogen-bond acceptors (Lipinski definition) is 3. The Hall–Kier alpha value is -1.91. The molecule has 1 aliphatic rings. The van der Waals surface area contributed by atoms with Crippen LogP contribution in [-0.4, -0.2) is 42.3 Å². The van der Waals surface area contributed by atoms with Gasteiger partial charge in [-0.15, -0.1) is 0 Å². The third kappa shape index (κ3) is 5.32. The van der Waals surface area contributed by atoms with Crippen molar-refractivity contribution in [3.05, 3.63) is 76.3 Å². The molecule has 4 heteroatoms. The second kappa shape index (κ2) is 8.81. The summed E-state index contributed by atoms with van der Waals surface area (Å²) in [5.41, 5.74) is 2.55. The molecule has 1 fully saturated rings. The van der Waals surface area contributed by atoms with Crippen LogP contribution in [0, 0.1) is 0 Å². The van der Waals surface area contributed by atoms with Crippen LogP contribution in [0.25, 0.3) is 6.08 Å². The molecule has 1 aliphatic heterocycles. The second-order valence-electron chi connectivity index (χ2n) is 5.90. The fourth-order valence-electron chi connectivity index (χ4n) is 2.74. The van der Waals surface area contributed by atoms with Crippen LogP contribution < -0.4 is 0 Å². The summed E-state index contributed by atoms with van der Waals surface area (Å²) in [7, 11) is 0. The minimum atomic E-state index is 0.967. The van der Waals surface area contributed by atoms with E-state index < -0.39 is 0 Å². The van der Waals surface area contributed by atoms with Crippen molar-refractivity contribution in [1.82, 2.24) is 9.91 Å². The van der Waals surface area contributed by atoms with E-state index in [1.165, 1.54) is 11.1 Å². The summed E-state index contributed by atoms with van der Waals surface area (Å²) < 4.78 is 0.986. The van der Waals surface area contributed by atoms with Gasteiger partial charge in [0.05, 0.1) is 6.21 Å². The Morgan fingerprint density at radius 3 is 2.21 bits per heavy atom. The Morgan fingerprint density at radius 1 is 0.917 bits per heavy atom. The third-order valence-electron chi connectivity index (χ3n) is 4.05. The highest BCUT2D eigenvalue weighted by Gasteiger charge is 2.15. The number of hydrazone groups is 1. The van der Waals surface area contributed by atoms with Gasteiger partial charge in [0.2, 0.25) is 0 Å². The Morgan fingerprint density at radius 2 is 1.54 bits per heavy atom. The molecule has 0 spiro atoms. The molecular formula is C20H22BrN3. The van der Waals surface area contributed by atoms with Crippen LogP contribution in [0.2, 0.25) is 0 Å². The van der Waals surface area contributed by atoms with E-state index >= 15 is 0 Å². The Bertz CT molecular complexity index is 675. The molecule has 0 atom stereocenters. The summed E-state index contributed by atoms with van der Waals surface area (Å²) in [6, 6.07) is 20.9.